The van der Waals surface area contributed by atoms with Gasteiger partial charge in [0.05, 0.1) is 5.02 Å². The van der Waals surface area contributed by atoms with Gasteiger partial charge in [-0.2, -0.15) is 0 Å². The van der Waals surface area contributed by atoms with Crippen molar-refractivity contribution in [2.45, 2.75) is 19.9 Å². The first-order chi connectivity index (χ1) is 10.1. The molecule has 0 aliphatic carbocycles. The second kappa shape index (κ2) is 8.04. The normalized spacial score (nSPS) is 10.7. The lowest BCUT2D eigenvalue weighted by Crippen LogP contribution is -2.14. The molecule has 0 radical (unpaired) electrons. The number of hydrogen-bond acceptors (Lipinski definition) is 2. The predicted molar refractivity (Wildman–Crippen MR) is 92.7 cm³/mol. The van der Waals surface area contributed by atoms with Gasteiger partial charge < -0.3 is 10.1 Å². The number of benzene rings is 2. The van der Waals surface area contributed by atoms with Crippen LogP contribution in [-0.4, -0.2) is 6.54 Å². The summed E-state index contributed by atoms with van der Waals surface area (Å²) in [5, 5.41) is 4.58. The van der Waals surface area contributed by atoms with Gasteiger partial charge >= 0.3 is 0 Å². The van der Waals surface area contributed by atoms with E-state index in [1.54, 1.807) is 6.07 Å². The molecule has 0 saturated carbocycles. The van der Waals surface area contributed by atoms with Crippen LogP contribution in [0.15, 0.2) is 40.9 Å². The van der Waals surface area contributed by atoms with E-state index in [4.69, 9.17) is 27.9 Å². The van der Waals surface area contributed by atoms with E-state index in [2.05, 4.69) is 28.2 Å². The highest BCUT2D eigenvalue weighted by molar-refractivity contribution is 9.10. The standard InChI is InChI=1S/C16H16BrCl2NO/c1-2-8-20-10-12-13(18)4-3-5-15(12)21-16-9-11(17)6-7-14(16)19/h3-7,9,20H,2,8,10H2,1H3. The summed E-state index contributed by atoms with van der Waals surface area (Å²) in [4.78, 5) is 0. The van der Waals surface area contributed by atoms with Gasteiger partial charge in [0.2, 0.25) is 0 Å². The van der Waals surface area contributed by atoms with Crippen LogP contribution in [0.3, 0.4) is 0 Å². The Balaban J connectivity index is 2.26. The van der Waals surface area contributed by atoms with E-state index in [1.807, 2.05) is 30.3 Å². The Hall–Kier alpha value is -0.740. The van der Waals surface area contributed by atoms with Gasteiger partial charge in [-0.05, 0) is 43.3 Å². The third-order valence-corrected chi connectivity index (χ3v) is 4.08. The van der Waals surface area contributed by atoms with Crippen LogP contribution in [0.2, 0.25) is 10.0 Å². The minimum Gasteiger partial charge on any atom is -0.455 e. The van der Waals surface area contributed by atoms with Crippen molar-refractivity contribution in [1.82, 2.24) is 5.32 Å². The highest BCUT2D eigenvalue weighted by atomic mass is 79.9. The molecule has 0 unspecified atom stereocenters. The quantitative estimate of drug-likeness (QED) is 0.608. The Morgan fingerprint density at radius 2 is 1.90 bits per heavy atom. The molecule has 0 aromatic heterocycles. The van der Waals surface area contributed by atoms with Crippen LogP contribution in [0.5, 0.6) is 11.5 Å². The Kier molecular flexibility index (Phi) is 6.37. The zero-order valence-electron chi connectivity index (χ0n) is 11.6. The maximum Gasteiger partial charge on any atom is 0.147 e. The van der Waals surface area contributed by atoms with Crippen LogP contribution >= 0.6 is 39.1 Å². The third-order valence-electron chi connectivity index (χ3n) is 2.92. The molecule has 5 heteroatoms. The molecule has 1 N–H and O–H groups in total. The van der Waals surface area contributed by atoms with Crippen molar-refractivity contribution >= 4 is 39.1 Å². The fourth-order valence-electron chi connectivity index (χ4n) is 1.87. The summed E-state index contributed by atoms with van der Waals surface area (Å²) in [6.45, 7) is 3.72. The maximum atomic E-state index is 6.28. The van der Waals surface area contributed by atoms with Crippen molar-refractivity contribution in [2.75, 3.05) is 6.54 Å². The number of ether oxygens (including phenoxy) is 1. The maximum absolute atomic E-state index is 6.28. The summed E-state index contributed by atoms with van der Waals surface area (Å²) in [6.07, 6.45) is 1.07. The zero-order valence-corrected chi connectivity index (χ0v) is 14.7. The molecule has 2 aromatic rings. The second-order valence-electron chi connectivity index (χ2n) is 4.57. The number of rotatable bonds is 6. The highest BCUT2D eigenvalue weighted by Gasteiger charge is 2.11. The molecule has 2 rings (SSSR count). The molecular weight excluding hydrogens is 373 g/mol. The molecule has 112 valence electrons. The van der Waals surface area contributed by atoms with Crippen LogP contribution in [-0.2, 0) is 6.54 Å². The fourth-order valence-corrected chi connectivity index (χ4v) is 2.60. The van der Waals surface area contributed by atoms with Crippen LogP contribution in [0.4, 0.5) is 0 Å². The number of halogens is 3. The predicted octanol–water partition coefficient (Wildman–Crippen LogP) is 6.05. The van der Waals surface area contributed by atoms with Gasteiger partial charge in [-0.15, -0.1) is 0 Å². The minimum atomic E-state index is 0.561. The molecule has 2 aromatic carbocycles. The van der Waals surface area contributed by atoms with Crippen LogP contribution in [0.25, 0.3) is 0 Å². The van der Waals surface area contributed by atoms with Crippen molar-refractivity contribution < 1.29 is 4.74 Å². The van der Waals surface area contributed by atoms with Crippen molar-refractivity contribution in [3.63, 3.8) is 0 Å². The van der Waals surface area contributed by atoms with Gasteiger partial charge in [-0.3, -0.25) is 0 Å². The van der Waals surface area contributed by atoms with Crippen molar-refractivity contribution in [3.05, 3.63) is 56.5 Å². The fraction of sp³-hybridized carbons (Fsp3) is 0.250. The van der Waals surface area contributed by atoms with Crippen LogP contribution in [0, 0.1) is 0 Å². The Bertz CT molecular complexity index is 619. The molecule has 0 atom stereocenters. The minimum absolute atomic E-state index is 0.561. The smallest absolute Gasteiger partial charge is 0.147 e. The lowest BCUT2D eigenvalue weighted by Gasteiger charge is -2.14. The zero-order chi connectivity index (χ0) is 15.2. The molecule has 0 spiro atoms. The molecule has 2 nitrogen and oxygen atoms in total. The summed E-state index contributed by atoms with van der Waals surface area (Å²) in [5.74, 6) is 1.32. The topological polar surface area (TPSA) is 21.3 Å². The van der Waals surface area contributed by atoms with E-state index in [-0.39, 0.29) is 0 Å². The van der Waals surface area contributed by atoms with Gasteiger partial charge in [-0.1, -0.05) is 52.1 Å². The summed E-state index contributed by atoms with van der Waals surface area (Å²) in [7, 11) is 0. The first kappa shape index (κ1) is 16.6. The molecule has 0 aliphatic rings. The van der Waals surface area contributed by atoms with Crippen LogP contribution in [0.1, 0.15) is 18.9 Å². The van der Waals surface area contributed by atoms with Crippen LogP contribution < -0.4 is 10.1 Å². The van der Waals surface area contributed by atoms with Gasteiger partial charge in [-0.25, -0.2) is 0 Å². The summed E-state index contributed by atoms with van der Waals surface area (Å²) in [5.41, 5.74) is 0.934. The molecule has 0 aliphatic heterocycles. The van der Waals surface area contributed by atoms with E-state index in [9.17, 15) is 0 Å². The van der Waals surface area contributed by atoms with E-state index < -0.39 is 0 Å². The SMILES string of the molecule is CCCNCc1c(Cl)cccc1Oc1cc(Br)ccc1Cl. The lowest BCUT2D eigenvalue weighted by atomic mass is 10.2. The number of nitrogens with one attached hydrogen (secondary N) is 1. The largest absolute Gasteiger partial charge is 0.455 e. The first-order valence-electron chi connectivity index (χ1n) is 6.73. The van der Waals surface area contributed by atoms with E-state index in [0.717, 1.165) is 23.0 Å². The average Bonchev–Trinajstić information content (AvgIpc) is 2.46. The monoisotopic (exact) mass is 387 g/mol. The third kappa shape index (κ3) is 4.62. The van der Waals surface area contributed by atoms with Crippen molar-refractivity contribution in [2.24, 2.45) is 0 Å². The van der Waals surface area contributed by atoms with E-state index >= 15 is 0 Å². The van der Waals surface area contributed by atoms with E-state index in [0.29, 0.717) is 28.1 Å². The first-order valence-corrected chi connectivity index (χ1v) is 8.27. The Morgan fingerprint density at radius 3 is 2.67 bits per heavy atom. The Morgan fingerprint density at radius 1 is 1.10 bits per heavy atom. The summed E-state index contributed by atoms with van der Waals surface area (Å²) >= 11 is 15.9. The highest BCUT2D eigenvalue weighted by Crippen LogP contribution is 2.35. The molecule has 0 amide bonds. The molecule has 0 bridgehead atoms. The molecule has 0 heterocycles. The molecule has 0 saturated heterocycles. The summed E-state index contributed by atoms with van der Waals surface area (Å²) in [6, 6.07) is 11.1. The van der Waals surface area contributed by atoms with Crippen molar-refractivity contribution in [3.8, 4) is 11.5 Å². The van der Waals surface area contributed by atoms with Gasteiger partial charge in [0.1, 0.15) is 11.5 Å². The second-order valence-corrected chi connectivity index (χ2v) is 6.30. The van der Waals surface area contributed by atoms with Gasteiger partial charge in [0.15, 0.2) is 0 Å². The molecule has 0 fully saturated rings. The average molecular weight is 389 g/mol. The summed E-state index contributed by atoms with van der Waals surface area (Å²) < 4.78 is 6.86. The molecule has 21 heavy (non-hydrogen) atoms. The van der Waals surface area contributed by atoms with Crippen molar-refractivity contribution in [1.29, 1.82) is 0 Å². The van der Waals surface area contributed by atoms with Gasteiger partial charge in [0, 0.05) is 21.6 Å². The number of hydrogen-bond donors (Lipinski definition) is 1. The van der Waals surface area contributed by atoms with E-state index in [1.165, 1.54) is 0 Å². The lowest BCUT2D eigenvalue weighted by molar-refractivity contribution is 0.472. The van der Waals surface area contributed by atoms with Gasteiger partial charge in [0.25, 0.3) is 0 Å². The Labute approximate surface area is 143 Å². The molecular formula is C16H16BrCl2NO.